The third kappa shape index (κ3) is 3.18. The molecule has 0 aliphatic carbocycles. The van der Waals surface area contributed by atoms with Crippen LogP contribution in [0.2, 0.25) is 0 Å². The largest absolute Gasteiger partial charge is 0.481 e. The number of rotatable bonds is 5. The molecule has 1 aromatic carbocycles. The van der Waals surface area contributed by atoms with Gasteiger partial charge in [0, 0.05) is 19.5 Å². The average molecular weight is 275 g/mol. The molecule has 1 aliphatic rings. The van der Waals surface area contributed by atoms with E-state index in [-0.39, 0.29) is 12.5 Å². The van der Waals surface area contributed by atoms with Crippen molar-refractivity contribution < 1.29 is 14.7 Å². The Labute approximate surface area is 119 Å². The zero-order chi connectivity index (χ0) is 14.5. The van der Waals surface area contributed by atoms with Gasteiger partial charge in [-0.2, -0.15) is 0 Å². The minimum atomic E-state index is -0.858. The van der Waals surface area contributed by atoms with E-state index in [1.165, 1.54) is 0 Å². The lowest BCUT2D eigenvalue weighted by molar-refractivity contribution is -0.141. The average Bonchev–Trinajstić information content (AvgIpc) is 2.46. The molecule has 0 spiro atoms. The first kappa shape index (κ1) is 14.6. The van der Waals surface area contributed by atoms with Crippen LogP contribution < -0.4 is 0 Å². The number of carboxylic acids is 1. The smallest absolute Gasteiger partial charge is 0.312 e. The van der Waals surface area contributed by atoms with Crippen molar-refractivity contribution in [1.82, 2.24) is 4.90 Å². The molecule has 0 radical (unpaired) electrons. The fourth-order valence-corrected chi connectivity index (χ4v) is 2.69. The van der Waals surface area contributed by atoms with E-state index in [0.29, 0.717) is 13.0 Å². The van der Waals surface area contributed by atoms with Crippen LogP contribution in [0.15, 0.2) is 24.3 Å². The van der Waals surface area contributed by atoms with Gasteiger partial charge in [-0.3, -0.25) is 9.59 Å². The van der Waals surface area contributed by atoms with Crippen LogP contribution in [0.1, 0.15) is 49.7 Å². The van der Waals surface area contributed by atoms with Crippen molar-refractivity contribution in [3.63, 3.8) is 0 Å². The number of carbonyl (C=O) groups excluding carboxylic acids is 1. The number of benzene rings is 1. The maximum Gasteiger partial charge on any atom is 0.312 e. The van der Waals surface area contributed by atoms with E-state index in [1.54, 1.807) is 4.90 Å². The van der Waals surface area contributed by atoms with Gasteiger partial charge in [-0.15, -0.1) is 0 Å². The highest BCUT2D eigenvalue weighted by Gasteiger charge is 2.31. The number of carbonyl (C=O) groups is 2. The van der Waals surface area contributed by atoms with Gasteiger partial charge in [0.1, 0.15) is 0 Å². The lowest BCUT2D eigenvalue weighted by Crippen LogP contribution is -2.40. The number of fused-ring (bicyclic) bond motifs is 1. The molecule has 108 valence electrons. The van der Waals surface area contributed by atoms with Crippen LogP contribution >= 0.6 is 0 Å². The summed E-state index contributed by atoms with van der Waals surface area (Å²) < 4.78 is 0. The highest BCUT2D eigenvalue weighted by molar-refractivity contribution is 5.81. The Bertz CT molecular complexity index is 498. The number of nitrogens with zero attached hydrogens (tertiary/aromatic N) is 1. The van der Waals surface area contributed by atoms with Gasteiger partial charge in [-0.25, -0.2) is 0 Å². The summed E-state index contributed by atoms with van der Waals surface area (Å²) in [4.78, 5) is 25.3. The van der Waals surface area contributed by atoms with Crippen molar-refractivity contribution in [3.05, 3.63) is 35.4 Å². The second kappa shape index (κ2) is 6.55. The number of unbranched alkanes of at least 4 members (excludes halogenated alkanes) is 2. The minimum absolute atomic E-state index is 0.0687. The zero-order valence-corrected chi connectivity index (χ0v) is 11.8. The van der Waals surface area contributed by atoms with E-state index in [4.69, 9.17) is 0 Å². The molecular weight excluding hydrogens is 254 g/mol. The molecule has 0 bridgehead atoms. The Kier molecular flexibility index (Phi) is 4.77. The van der Waals surface area contributed by atoms with Crippen LogP contribution in [0.25, 0.3) is 0 Å². The van der Waals surface area contributed by atoms with Crippen molar-refractivity contribution in [2.24, 2.45) is 0 Å². The van der Waals surface area contributed by atoms with E-state index >= 15 is 0 Å². The van der Waals surface area contributed by atoms with Gasteiger partial charge in [0.15, 0.2) is 0 Å². The highest BCUT2D eigenvalue weighted by atomic mass is 16.4. The zero-order valence-electron chi connectivity index (χ0n) is 11.8. The molecule has 2 rings (SSSR count). The minimum Gasteiger partial charge on any atom is -0.481 e. The second-order valence-electron chi connectivity index (χ2n) is 5.32. The van der Waals surface area contributed by atoms with Crippen LogP contribution in [-0.4, -0.2) is 28.4 Å². The van der Waals surface area contributed by atoms with E-state index < -0.39 is 11.9 Å². The molecule has 0 aromatic heterocycles. The maximum absolute atomic E-state index is 12.2. The van der Waals surface area contributed by atoms with E-state index in [0.717, 1.165) is 30.4 Å². The molecule has 1 heterocycles. The molecule has 0 saturated carbocycles. The van der Waals surface area contributed by atoms with Crippen LogP contribution in [0.4, 0.5) is 0 Å². The molecule has 1 aromatic rings. The normalized spacial score (nSPS) is 17.6. The molecular formula is C16H21NO3. The van der Waals surface area contributed by atoms with Crippen molar-refractivity contribution in [2.75, 3.05) is 6.54 Å². The van der Waals surface area contributed by atoms with E-state index in [1.807, 2.05) is 24.3 Å². The van der Waals surface area contributed by atoms with Crippen molar-refractivity contribution in [3.8, 4) is 0 Å². The molecule has 4 heteroatoms. The Morgan fingerprint density at radius 3 is 2.75 bits per heavy atom. The summed E-state index contributed by atoms with van der Waals surface area (Å²) in [5.74, 6) is -1.39. The second-order valence-corrected chi connectivity index (χ2v) is 5.32. The van der Waals surface area contributed by atoms with Crippen LogP contribution in [-0.2, 0) is 16.1 Å². The van der Waals surface area contributed by atoms with Gasteiger partial charge in [0.25, 0.3) is 0 Å². The molecule has 1 amide bonds. The molecule has 1 N–H and O–H groups in total. The SMILES string of the molecule is CCCCCC(=O)N1Cc2ccccc2C(C(=O)O)C1. The van der Waals surface area contributed by atoms with Gasteiger partial charge in [0.05, 0.1) is 5.92 Å². The number of aliphatic carboxylic acids is 1. The van der Waals surface area contributed by atoms with E-state index in [2.05, 4.69) is 6.92 Å². The Balaban J connectivity index is 2.12. The summed E-state index contributed by atoms with van der Waals surface area (Å²) in [6.45, 7) is 2.92. The highest BCUT2D eigenvalue weighted by Crippen LogP contribution is 2.29. The van der Waals surface area contributed by atoms with Gasteiger partial charge in [-0.05, 0) is 17.5 Å². The number of hydrogen-bond donors (Lipinski definition) is 1. The molecule has 20 heavy (non-hydrogen) atoms. The first-order valence-corrected chi connectivity index (χ1v) is 7.22. The first-order valence-electron chi connectivity index (χ1n) is 7.22. The summed E-state index contributed by atoms with van der Waals surface area (Å²) in [5, 5.41) is 9.36. The third-order valence-electron chi connectivity index (χ3n) is 3.84. The molecule has 4 nitrogen and oxygen atoms in total. The summed E-state index contributed by atoms with van der Waals surface area (Å²) >= 11 is 0. The summed E-state index contributed by atoms with van der Waals surface area (Å²) in [6, 6.07) is 7.51. The first-order chi connectivity index (χ1) is 9.63. The number of hydrogen-bond acceptors (Lipinski definition) is 2. The fourth-order valence-electron chi connectivity index (χ4n) is 2.69. The number of carboxylic acid groups (broad SMARTS) is 1. The van der Waals surface area contributed by atoms with Gasteiger partial charge in [-0.1, -0.05) is 44.0 Å². The third-order valence-corrected chi connectivity index (χ3v) is 3.84. The Morgan fingerprint density at radius 2 is 2.05 bits per heavy atom. The van der Waals surface area contributed by atoms with Crippen molar-refractivity contribution >= 4 is 11.9 Å². The maximum atomic E-state index is 12.2. The molecule has 0 saturated heterocycles. The molecule has 1 aliphatic heterocycles. The monoisotopic (exact) mass is 275 g/mol. The summed E-state index contributed by atoms with van der Waals surface area (Å²) in [6.07, 6.45) is 3.51. The topological polar surface area (TPSA) is 57.6 Å². The fraction of sp³-hybridized carbons (Fsp3) is 0.500. The van der Waals surface area contributed by atoms with Gasteiger partial charge < -0.3 is 10.0 Å². The molecule has 0 fully saturated rings. The van der Waals surface area contributed by atoms with Gasteiger partial charge >= 0.3 is 5.97 Å². The number of amides is 1. The summed E-state index contributed by atoms with van der Waals surface area (Å²) in [7, 11) is 0. The summed E-state index contributed by atoms with van der Waals surface area (Å²) in [5.41, 5.74) is 1.80. The molecule has 1 unspecified atom stereocenters. The van der Waals surface area contributed by atoms with E-state index in [9.17, 15) is 14.7 Å². The lowest BCUT2D eigenvalue weighted by Gasteiger charge is -2.33. The van der Waals surface area contributed by atoms with Crippen molar-refractivity contribution in [1.29, 1.82) is 0 Å². The van der Waals surface area contributed by atoms with Crippen LogP contribution in [0, 0.1) is 0 Å². The lowest BCUT2D eigenvalue weighted by atomic mass is 9.89. The Hall–Kier alpha value is -1.84. The quantitative estimate of drug-likeness (QED) is 0.841. The standard InChI is InChI=1S/C16H21NO3/c1-2-3-4-9-15(18)17-10-12-7-5-6-8-13(12)14(11-17)16(19)20/h5-8,14H,2-4,9-11H2,1H3,(H,19,20). The molecule has 1 atom stereocenters. The predicted octanol–water partition coefficient (Wildman–Crippen LogP) is 2.78. The van der Waals surface area contributed by atoms with Gasteiger partial charge in [0.2, 0.25) is 5.91 Å². The predicted molar refractivity (Wildman–Crippen MR) is 76.4 cm³/mol. The van der Waals surface area contributed by atoms with Crippen molar-refractivity contribution in [2.45, 2.75) is 45.1 Å². The van der Waals surface area contributed by atoms with Crippen LogP contribution in [0.5, 0.6) is 0 Å². The van der Waals surface area contributed by atoms with Crippen LogP contribution in [0.3, 0.4) is 0 Å². The Morgan fingerprint density at radius 1 is 1.30 bits per heavy atom.